The summed E-state index contributed by atoms with van der Waals surface area (Å²) in [6, 6.07) is 23.0. The maximum absolute atomic E-state index is 13.7. The molecule has 166 valence electrons. The largest absolute Gasteiger partial charge is 0.350 e. The van der Waals surface area contributed by atoms with E-state index in [-0.39, 0.29) is 24.6 Å². The van der Waals surface area contributed by atoms with Crippen LogP contribution in [0.25, 0.3) is 11.1 Å². The molecule has 1 heterocycles. The summed E-state index contributed by atoms with van der Waals surface area (Å²) >= 11 is 0. The average molecular weight is 442 g/mol. The van der Waals surface area contributed by atoms with Crippen molar-refractivity contribution >= 4 is 11.8 Å². The molecule has 33 heavy (non-hydrogen) atoms. The highest BCUT2D eigenvalue weighted by Crippen LogP contribution is 2.24. The van der Waals surface area contributed by atoms with Gasteiger partial charge in [0, 0.05) is 31.0 Å². The molecule has 7 heteroatoms. The van der Waals surface area contributed by atoms with Crippen molar-refractivity contribution in [3.63, 3.8) is 0 Å². The Labute approximate surface area is 191 Å². The van der Waals surface area contributed by atoms with Crippen molar-refractivity contribution < 1.29 is 14.0 Å². The van der Waals surface area contributed by atoms with Gasteiger partial charge in [0.05, 0.1) is 12.1 Å². The van der Waals surface area contributed by atoms with Gasteiger partial charge in [0.2, 0.25) is 0 Å². The summed E-state index contributed by atoms with van der Waals surface area (Å²) < 4.78 is 15.5. The molecule has 4 aromatic rings. The van der Waals surface area contributed by atoms with Crippen molar-refractivity contribution in [3.8, 4) is 11.1 Å². The molecule has 0 fully saturated rings. The lowest BCUT2D eigenvalue weighted by molar-refractivity contribution is 0.0925. The second-order valence-electron chi connectivity index (χ2n) is 7.44. The molecule has 0 radical (unpaired) electrons. The Morgan fingerprint density at radius 2 is 1.42 bits per heavy atom. The van der Waals surface area contributed by atoms with Crippen molar-refractivity contribution in [2.75, 3.05) is 13.1 Å². The minimum Gasteiger partial charge on any atom is -0.350 e. The second-order valence-corrected chi connectivity index (χ2v) is 7.44. The molecule has 1 aromatic heterocycles. The third kappa shape index (κ3) is 5.51. The van der Waals surface area contributed by atoms with Crippen molar-refractivity contribution in [1.82, 2.24) is 20.4 Å². The van der Waals surface area contributed by atoms with Gasteiger partial charge in [-0.2, -0.15) is 5.10 Å². The molecule has 6 nitrogen and oxygen atoms in total. The Bertz CT molecular complexity index is 1240. The lowest BCUT2D eigenvalue weighted by atomic mass is 9.98. The maximum Gasteiger partial charge on any atom is 0.254 e. The molecule has 2 amide bonds. The number of amides is 2. The standard InChI is InChI=1S/C26H23FN4O2/c27-24-9-4-3-8-23(24)26(33)29-16-15-28-25(32)22-7-2-1-6-21(22)20-12-10-19(11-13-20)18-31-17-5-14-30-31/h1-14,17H,15-16,18H2,(H,28,32)(H,29,33). The predicted octanol–water partition coefficient (Wildman–Crippen LogP) is 3.90. The summed E-state index contributed by atoms with van der Waals surface area (Å²) in [5.74, 6) is -1.34. The number of nitrogens with zero attached hydrogens (tertiary/aromatic N) is 2. The first kappa shape index (κ1) is 22.0. The minimum absolute atomic E-state index is 0.0230. The van der Waals surface area contributed by atoms with E-state index in [2.05, 4.69) is 15.7 Å². The molecule has 0 aliphatic rings. The Morgan fingerprint density at radius 1 is 0.788 bits per heavy atom. The van der Waals surface area contributed by atoms with Gasteiger partial charge in [0.25, 0.3) is 11.8 Å². The average Bonchev–Trinajstić information content (AvgIpc) is 3.35. The number of hydrogen-bond donors (Lipinski definition) is 2. The van der Waals surface area contributed by atoms with Crippen molar-refractivity contribution in [3.05, 3.63) is 114 Å². The summed E-state index contributed by atoms with van der Waals surface area (Å²) in [7, 11) is 0. The Kier molecular flexibility index (Phi) is 6.90. The third-order valence-corrected chi connectivity index (χ3v) is 5.15. The van der Waals surface area contributed by atoms with Crippen molar-refractivity contribution in [2.45, 2.75) is 6.54 Å². The summed E-state index contributed by atoms with van der Waals surface area (Å²) in [5.41, 5.74) is 3.37. The van der Waals surface area contributed by atoms with Gasteiger partial charge in [-0.15, -0.1) is 0 Å². The van der Waals surface area contributed by atoms with Crippen LogP contribution in [-0.4, -0.2) is 34.7 Å². The van der Waals surface area contributed by atoms with E-state index in [9.17, 15) is 14.0 Å². The highest BCUT2D eigenvalue weighted by atomic mass is 19.1. The molecule has 2 N–H and O–H groups in total. The van der Waals surface area contributed by atoms with E-state index in [1.165, 1.54) is 18.2 Å². The van der Waals surface area contributed by atoms with E-state index in [0.717, 1.165) is 16.7 Å². The van der Waals surface area contributed by atoms with Gasteiger partial charge >= 0.3 is 0 Å². The van der Waals surface area contributed by atoms with Crippen LogP contribution in [0, 0.1) is 5.82 Å². The van der Waals surface area contributed by atoms with Crippen molar-refractivity contribution in [1.29, 1.82) is 0 Å². The van der Waals surface area contributed by atoms with E-state index in [4.69, 9.17) is 0 Å². The van der Waals surface area contributed by atoms with Crippen LogP contribution in [0.15, 0.2) is 91.3 Å². The van der Waals surface area contributed by atoms with Gasteiger partial charge in [-0.25, -0.2) is 4.39 Å². The number of carbonyl (C=O) groups excluding carboxylic acids is 2. The fourth-order valence-electron chi connectivity index (χ4n) is 3.49. The van der Waals surface area contributed by atoms with Gasteiger partial charge in [-0.3, -0.25) is 14.3 Å². The first-order chi connectivity index (χ1) is 16.1. The Balaban J connectivity index is 1.36. The van der Waals surface area contributed by atoms with Crippen LogP contribution in [0.1, 0.15) is 26.3 Å². The molecule has 0 saturated carbocycles. The first-order valence-corrected chi connectivity index (χ1v) is 10.6. The van der Waals surface area contributed by atoms with Gasteiger partial charge in [-0.05, 0) is 41.0 Å². The fourth-order valence-corrected chi connectivity index (χ4v) is 3.49. The number of rotatable bonds is 8. The summed E-state index contributed by atoms with van der Waals surface area (Å²) in [6.45, 7) is 1.08. The van der Waals surface area contributed by atoms with E-state index in [1.807, 2.05) is 59.4 Å². The smallest absolute Gasteiger partial charge is 0.254 e. The third-order valence-electron chi connectivity index (χ3n) is 5.15. The monoisotopic (exact) mass is 442 g/mol. The van der Waals surface area contributed by atoms with Crippen LogP contribution in [-0.2, 0) is 6.54 Å². The molecular formula is C26H23FN4O2. The molecule has 0 atom stereocenters. The second kappa shape index (κ2) is 10.4. The van der Waals surface area contributed by atoms with E-state index >= 15 is 0 Å². The van der Waals surface area contributed by atoms with Gasteiger partial charge < -0.3 is 10.6 Å². The van der Waals surface area contributed by atoms with E-state index in [0.29, 0.717) is 12.1 Å². The molecule has 0 aliphatic heterocycles. The molecule has 0 unspecified atom stereocenters. The first-order valence-electron chi connectivity index (χ1n) is 10.6. The summed E-state index contributed by atoms with van der Waals surface area (Å²) in [4.78, 5) is 24.9. The number of benzene rings is 3. The molecule has 0 aliphatic carbocycles. The number of carbonyl (C=O) groups is 2. The predicted molar refractivity (Wildman–Crippen MR) is 124 cm³/mol. The summed E-state index contributed by atoms with van der Waals surface area (Å²) in [6.07, 6.45) is 3.65. The highest BCUT2D eigenvalue weighted by molar-refractivity contribution is 6.01. The molecule has 0 saturated heterocycles. The van der Waals surface area contributed by atoms with Crippen LogP contribution >= 0.6 is 0 Å². The van der Waals surface area contributed by atoms with Crippen LogP contribution in [0.3, 0.4) is 0 Å². The lowest BCUT2D eigenvalue weighted by Gasteiger charge is -2.12. The number of aromatic nitrogens is 2. The van der Waals surface area contributed by atoms with Crippen LogP contribution in [0.4, 0.5) is 4.39 Å². The van der Waals surface area contributed by atoms with E-state index in [1.54, 1.807) is 18.3 Å². The maximum atomic E-state index is 13.7. The topological polar surface area (TPSA) is 76.0 Å². The molecule has 0 bridgehead atoms. The zero-order valence-corrected chi connectivity index (χ0v) is 17.9. The molecular weight excluding hydrogens is 419 g/mol. The Hall–Kier alpha value is -4.26. The number of halogens is 1. The number of hydrogen-bond acceptors (Lipinski definition) is 3. The minimum atomic E-state index is -0.580. The normalized spacial score (nSPS) is 10.6. The number of nitrogens with one attached hydrogen (secondary N) is 2. The SMILES string of the molecule is O=C(NCCNC(=O)c1ccccc1-c1ccc(Cn2cccn2)cc1)c1ccccc1F. The summed E-state index contributed by atoms with van der Waals surface area (Å²) in [5, 5.41) is 9.65. The van der Waals surface area contributed by atoms with Gasteiger partial charge in [0.1, 0.15) is 5.82 Å². The zero-order chi connectivity index (χ0) is 23.0. The molecule has 4 rings (SSSR count). The van der Waals surface area contributed by atoms with Gasteiger partial charge in [-0.1, -0.05) is 54.6 Å². The van der Waals surface area contributed by atoms with Gasteiger partial charge in [0.15, 0.2) is 0 Å². The van der Waals surface area contributed by atoms with Crippen LogP contribution in [0.2, 0.25) is 0 Å². The van der Waals surface area contributed by atoms with Crippen molar-refractivity contribution in [2.24, 2.45) is 0 Å². The molecule has 3 aromatic carbocycles. The fraction of sp³-hybridized carbons (Fsp3) is 0.115. The Morgan fingerprint density at radius 3 is 2.09 bits per heavy atom. The molecule has 0 spiro atoms. The van der Waals surface area contributed by atoms with E-state index < -0.39 is 11.7 Å². The lowest BCUT2D eigenvalue weighted by Crippen LogP contribution is -2.35. The highest BCUT2D eigenvalue weighted by Gasteiger charge is 2.13. The zero-order valence-electron chi connectivity index (χ0n) is 17.9. The quantitative estimate of drug-likeness (QED) is 0.407. The van der Waals surface area contributed by atoms with Crippen LogP contribution < -0.4 is 10.6 Å². The van der Waals surface area contributed by atoms with Crippen LogP contribution in [0.5, 0.6) is 0 Å².